The number of ether oxygens (including phenoxy) is 1. The summed E-state index contributed by atoms with van der Waals surface area (Å²) in [4.78, 5) is 24.2. The first kappa shape index (κ1) is 18.2. The number of benzene rings is 1. The van der Waals surface area contributed by atoms with E-state index in [1.165, 1.54) is 24.2 Å². The molecule has 0 radical (unpaired) electrons. The summed E-state index contributed by atoms with van der Waals surface area (Å²) in [6, 6.07) is 7.05. The normalized spacial score (nSPS) is 16.3. The van der Waals surface area contributed by atoms with Crippen LogP contribution in [0.25, 0.3) is 0 Å². The number of hydrogen-bond donors (Lipinski definition) is 1. The van der Waals surface area contributed by atoms with Crippen molar-refractivity contribution in [2.45, 2.75) is 30.9 Å². The lowest BCUT2D eigenvalue weighted by atomic mass is 10.0. The largest absolute Gasteiger partial charge is 0.467 e. The molecule has 1 aromatic carbocycles. The van der Waals surface area contributed by atoms with Crippen LogP contribution >= 0.6 is 23.5 Å². The van der Waals surface area contributed by atoms with Crippen LogP contribution in [0.2, 0.25) is 0 Å². The number of amides is 1. The fraction of sp³-hybridized carbons (Fsp3) is 0.529. The molecule has 0 spiro atoms. The predicted octanol–water partition coefficient (Wildman–Crippen LogP) is 3.48. The quantitative estimate of drug-likeness (QED) is 0.794. The zero-order valence-electron chi connectivity index (χ0n) is 13.7. The minimum absolute atomic E-state index is 0.237. The van der Waals surface area contributed by atoms with E-state index in [1.807, 2.05) is 61.6 Å². The Bertz CT molecular complexity index is 539. The van der Waals surface area contributed by atoms with Crippen molar-refractivity contribution in [2.75, 3.05) is 18.6 Å². The van der Waals surface area contributed by atoms with Crippen LogP contribution in [0.15, 0.2) is 24.3 Å². The van der Waals surface area contributed by atoms with Gasteiger partial charge in [0, 0.05) is 17.1 Å². The third-order valence-electron chi connectivity index (χ3n) is 3.56. The zero-order chi connectivity index (χ0) is 16.8. The van der Waals surface area contributed by atoms with E-state index < -0.39 is 12.0 Å². The fourth-order valence-electron chi connectivity index (χ4n) is 2.41. The summed E-state index contributed by atoms with van der Waals surface area (Å²) >= 11 is 3.87. The van der Waals surface area contributed by atoms with Gasteiger partial charge in [-0.3, -0.25) is 4.79 Å². The van der Waals surface area contributed by atoms with Crippen molar-refractivity contribution < 1.29 is 14.3 Å². The lowest BCUT2D eigenvalue weighted by Gasteiger charge is -2.18. The smallest absolute Gasteiger partial charge is 0.328 e. The van der Waals surface area contributed by atoms with Crippen LogP contribution in [0.4, 0.5) is 0 Å². The van der Waals surface area contributed by atoms with Gasteiger partial charge in [0.05, 0.1) is 11.7 Å². The second-order valence-corrected chi connectivity index (χ2v) is 8.60. The molecular formula is C17H23NO3S2. The predicted molar refractivity (Wildman–Crippen MR) is 96.8 cm³/mol. The Morgan fingerprint density at radius 1 is 1.22 bits per heavy atom. The molecule has 4 nitrogen and oxygen atoms in total. The van der Waals surface area contributed by atoms with Gasteiger partial charge in [-0.25, -0.2) is 4.79 Å². The van der Waals surface area contributed by atoms with Crippen molar-refractivity contribution in [3.8, 4) is 0 Å². The third-order valence-corrected chi connectivity index (χ3v) is 6.67. The molecule has 1 fully saturated rings. The first-order valence-corrected chi connectivity index (χ1v) is 9.83. The van der Waals surface area contributed by atoms with Crippen molar-refractivity contribution in [3.05, 3.63) is 35.4 Å². The Labute approximate surface area is 146 Å². The van der Waals surface area contributed by atoms with E-state index in [4.69, 9.17) is 4.74 Å². The van der Waals surface area contributed by atoms with Gasteiger partial charge < -0.3 is 10.1 Å². The average molecular weight is 354 g/mol. The highest BCUT2D eigenvalue weighted by molar-refractivity contribution is 8.19. The molecule has 1 N–H and O–H groups in total. The number of rotatable bonds is 6. The van der Waals surface area contributed by atoms with Gasteiger partial charge in [-0.15, -0.1) is 23.5 Å². The van der Waals surface area contributed by atoms with Crippen LogP contribution in [0.5, 0.6) is 0 Å². The molecule has 1 aromatic rings. The van der Waals surface area contributed by atoms with Gasteiger partial charge in [-0.05, 0) is 30.0 Å². The molecular weight excluding hydrogens is 330 g/mol. The lowest BCUT2D eigenvalue weighted by Crippen LogP contribution is -2.42. The molecule has 1 atom stereocenters. The Kier molecular flexibility index (Phi) is 6.84. The van der Waals surface area contributed by atoms with Crippen LogP contribution in [0.3, 0.4) is 0 Å². The molecule has 0 bridgehead atoms. The number of thioether (sulfide) groups is 2. The number of methoxy groups -OCH3 is 1. The van der Waals surface area contributed by atoms with E-state index in [9.17, 15) is 9.59 Å². The number of hydrogen-bond acceptors (Lipinski definition) is 5. The van der Waals surface area contributed by atoms with Gasteiger partial charge in [0.1, 0.15) is 6.04 Å². The number of nitrogens with one attached hydrogen (secondary N) is 1. The van der Waals surface area contributed by atoms with Crippen LogP contribution in [-0.4, -0.2) is 36.5 Å². The van der Waals surface area contributed by atoms with Gasteiger partial charge in [-0.2, -0.15) is 0 Å². The van der Waals surface area contributed by atoms with Crippen LogP contribution in [0.1, 0.15) is 40.8 Å². The van der Waals surface area contributed by atoms with E-state index in [0.29, 0.717) is 16.6 Å². The Hall–Kier alpha value is -1.14. The van der Waals surface area contributed by atoms with Crippen molar-refractivity contribution in [2.24, 2.45) is 5.92 Å². The molecule has 0 aromatic heterocycles. The summed E-state index contributed by atoms with van der Waals surface area (Å²) in [7, 11) is 1.34. The number of carbonyl (C=O) groups is 2. The first-order valence-electron chi connectivity index (χ1n) is 7.73. The van der Waals surface area contributed by atoms with Crippen LogP contribution in [0, 0.1) is 5.92 Å². The molecule has 6 heteroatoms. The van der Waals surface area contributed by atoms with Gasteiger partial charge in [-0.1, -0.05) is 26.0 Å². The molecule has 2 rings (SSSR count). The minimum Gasteiger partial charge on any atom is -0.467 e. The second kappa shape index (κ2) is 8.64. The SMILES string of the molecule is COC(=O)C(CC(C)C)NC(=O)c1ccc(C2SCCS2)cc1. The molecule has 1 unspecified atom stereocenters. The third kappa shape index (κ3) is 5.18. The van der Waals surface area contributed by atoms with Gasteiger partial charge >= 0.3 is 5.97 Å². The van der Waals surface area contributed by atoms with E-state index in [0.717, 1.165) is 0 Å². The minimum atomic E-state index is -0.604. The number of carbonyl (C=O) groups excluding carboxylic acids is 2. The maximum atomic E-state index is 12.4. The molecule has 23 heavy (non-hydrogen) atoms. The maximum Gasteiger partial charge on any atom is 0.328 e. The molecule has 126 valence electrons. The fourth-order valence-corrected chi connectivity index (χ4v) is 5.27. The van der Waals surface area contributed by atoms with E-state index in [-0.39, 0.29) is 11.8 Å². The molecule has 0 aliphatic carbocycles. The van der Waals surface area contributed by atoms with Gasteiger partial charge in [0.15, 0.2) is 0 Å². The monoisotopic (exact) mass is 353 g/mol. The summed E-state index contributed by atoms with van der Waals surface area (Å²) in [5, 5.41) is 2.78. The van der Waals surface area contributed by atoms with Crippen molar-refractivity contribution in [3.63, 3.8) is 0 Å². The van der Waals surface area contributed by atoms with E-state index in [1.54, 1.807) is 0 Å². The summed E-state index contributed by atoms with van der Waals surface area (Å²) in [6.07, 6.45) is 0.561. The Balaban J connectivity index is 2.01. The Morgan fingerprint density at radius 2 is 1.83 bits per heavy atom. The van der Waals surface area contributed by atoms with E-state index >= 15 is 0 Å². The lowest BCUT2D eigenvalue weighted by molar-refractivity contribution is -0.143. The summed E-state index contributed by atoms with van der Waals surface area (Å²) in [6.45, 7) is 4.02. The van der Waals surface area contributed by atoms with Crippen LogP contribution < -0.4 is 5.32 Å². The summed E-state index contributed by atoms with van der Waals surface area (Å²) in [5.74, 6) is 2.00. The average Bonchev–Trinajstić information content (AvgIpc) is 3.07. The molecule has 1 aliphatic rings. The molecule has 1 heterocycles. The van der Waals surface area contributed by atoms with Gasteiger partial charge in [0.25, 0.3) is 5.91 Å². The molecule has 0 saturated carbocycles. The summed E-state index contributed by atoms with van der Waals surface area (Å²) in [5.41, 5.74) is 1.81. The first-order chi connectivity index (χ1) is 11.0. The standard InChI is InChI=1S/C17H23NO3S2/c1-11(2)10-14(16(20)21-3)18-15(19)12-4-6-13(7-5-12)17-22-8-9-23-17/h4-7,11,14,17H,8-10H2,1-3H3,(H,18,19). The van der Waals surface area contributed by atoms with Gasteiger partial charge in [0.2, 0.25) is 0 Å². The van der Waals surface area contributed by atoms with Crippen molar-refractivity contribution in [1.29, 1.82) is 0 Å². The highest BCUT2D eigenvalue weighted by Gasteiger charge is 2.23. The Morgan fingerprint density at radius 3 is 2.35 bits per heavy atom. The molecule has 1 amide bonds. The van der Waals surface area contributed by atoms with Crippen molar-refractivity contribution in [1.82, 2.24) is 5.32 Å². The topological polar surface area (TPSA) is 55.4 Å². The zero-order valence-corrected chi connectivity index (χ0v) is 15.3. The molecule has 1 saturated heterocycles. The van der Waals surface area contributed by atoms with Crippen LogP contribution in [-0.2, 0) is 9.53 Å². The maximum absolute atomic E-state index is 12.4. The van der Waals surface area contributed by atoms with Crippen molar-refractivity contribution >= 4 is 35.4 Å². The highest BCUT2D eigenvalue weighted by Crippen LogP contribution is 2.45. The highest BCUT2D eigenvalue weighted by atomic mass is 32.2. The second-order valence-electron chi connectivity index (χ2n) is 5.87. The van der Waals surface area contributed by atoms with E-state index in [2.05, 4.69) is 5.32 Å². The summed E-state index contributed by atoms with van der Waals surface area (Å²) < 4.78 is 5.25. The molecule has 1 aliphatic heterocycles. The number of esters is 1.